The van der Waals surface area contributed by atoms with Crippen LogP contribution in [0.1, 0.15) is 11.6 Å². The fraction of sp³-hybridized carbons (Fsp3) is 0.375. The molecule has 2 rings (SSSR count). The maximum atomic E-state index is 10.8. The molecule has 64 valence electrons. The number of hydrogen-bond donors (Lipinski definition) is 2. The van der Waals surface area contributed by atoms with Gasteiger partial charge in [-0.1, -0.05) is 0 Å². The Morgan fingerprint density at radius 3 is 3.08 bits per heavy atom. The summed E-state index contributed by atoms with van der Waals surface area (Å²) in [4.78, 5) is 10.8. The molecule has 1 aromatic rings. The third-order valence-electron chi connectivity index (χ3n) is 1.96. The molecule has 1 atom stereocenters. The first-order valence-corrected chi connectivity index (χ1v) is 4.83. The minimum Gasteiger partial charge on any atom is -0.353 e. The van der Waals surface area contributed by atoms with Crippen LogP contribution in [0.3, 0.4) is 0 Å². The van der Waals surface area contributed by atoms with Gasteiger partial charge in [-0.3, -0.25) is 10.1 Å². The Bertz CT molecular complexity index is 261. The van der Waals surface area contributed by atoms with Gasteiger partial charge in [0.25, 0.3) is 0 Å². The van der Waals surface area contributed by atoms with E-state index in [9.17, 15) is 4.79 Å². The number of carbonyl (C=O) groups excluding carboxylic acids is 1. The molecule has 0 aliphatic carbocycles. The normalized spacial score (nSPS) is 23.7. The van der Waals surface area contributed by atoms with Crippen LogP contribution in [0.15, 0.2) is 16.8 Å². The predicted molar refractivity (Wildman–Crippen MR) is 48.1 cm³/mol. The molecule has 1 unspecified atom stereocenters. The summed E-state index contributed by atoms with van der Waals surface area (Å²) < 4.78 is 0. The van der Waals surface area contributed by atoms with E-state index in [1.165, 1.54) is 5.56 Å². The average Bonchev–Trinajstić information content (AvgIpc) is 2.58. The molecule has 0 radical (unpaired) electrons. The Morgan fingerprint density at radius 1 is 1.58 bits per heavy atom. The van der Waals surface area contributed by atoms with E-state index >= 15 is 0 Å². The highest BCUT2D eigenvalue weighted by Crippen LogP contribution is 2.16. The number of piperazine rings is 1. The second kappa shape index (κ2) is 3.25. The van der Waals surface area contributed by atoms with Crippen molar-refractivity contribution in [1.82, 2.24) is 10.6 Å². The van der Waals surface area contributed by atoms with E-state index in [1.54, 1.807) is 11.3 Å². The monoisotopic (exact) mass is 182 g/mol. The van der Waals surface area contributed by atoms with Crippen LogP contribution >= 0.6 is 11.3 Å². The lowest BCUT2D eigenvalue weighted by atomic mass is 10.1. The van der Waals surface area contributed by atoms with Gasteiger partial charge in [0.15, 0.2) is 0 Å². The Balaban J connectivity index is 2.03. The van der Waals surface area contributed by atoms with Gasteiger partial charge in [-0.05, 0) is 22.4 Å². The molecule has 0 bridgehead atoms. The minimum absolute atomic E-state index is 0.0847. The number of thiophene rings is 1. The number of rotatable bonds is 1. The van der Waals surface area contributed by atoms with Gasteiger partial charge in [-0.2, -0.15) is 11.3 Å². The highest BCUT2D eigenvalue weighted by molar-refractivity contribution is 7.07. The molecular formula is C8H10N2OS. The van der Waals surface area contributed by atoms with Gasteiger partial charge in [-0.25, -0.2) is 0 Å². The standard InChI is InChI=1S/C8H10N2OS/c11-8-4-9-7(3-10-8)6-1-2-12-5-6/h1-2,5,7,9H,3-4H2,(H,10,11). The average molecular weight is 182 g/mol. The van der Waals surface area contributed by atoms with E-state index in [4.69, 9.17) is 0 Å². The van der Waals surface area contributed by atoms with Crippen LogP contribution < -0.4 is 10.6 Å². The Labute approximate surface area is 74.8 Å². The molecule has 1 amide bonds. The number of carbonyl (C=O) groups is 1. The first-order chi connectivity index (χ1) is 5.86. The van der Waals surface area contributed by atoms with E-state index in [2.05, 4.69) is 22.1 Å². The van der Waals surface area contributed by atoms with Crippen LogP contribution in [0.4, 0.5) is 0 Å². The SMILES string of the molecule is O=C1CNC(c2ccsc2)CN1. The zero-order chi connectivity index (χ0) is 8.39. The summed E-state index contributed by atoms with van der Waals surface area (Å²) in [5.41, 5.74) is 1.26. The molecule has 0 saturated carbocycles. The molecule has 1 fully saturated rings. The van der Waals surface area contributed by atoms with Crippen molar-refractivity contribution in [2.24, 2.45) is 0 Å². The predicted octanol–water partition coefficient (Wildman–Crippen LogP) is 0.509. The van der Waals surface area contributed by atoms with Crippen molar-refractivity contribution >= 4 is 17.2 Å². The molecule has 0 spiro atoms. The summed E-state index contributed by atoms with van der Waals surface area (Å²) in [7, 11) is 0. The molecule has 3 nitrogen and oxygen atoms in total. The summed E-state index contributed by atoms with van der Waals surface area (Å²) in [6.45, 7) is 1.13. The Morgan fingerprint density at radius 2 is 2.50 bits per heavy atom. The number of nitrogens with one attached hydrogen (secondary N) is 2. The third kappa shape index (κ3) is 1.49. The summed E-state index contributed by atoms with van der Waals surface area (Å²) in [5, 5.41) is 10.1. The molecule has 1 aliphatic heterocycles. The molecule has 4 heteroatoms. The number of amides is 1. The molecule has 2 heterocycles. The quantitative estimate of drug-likeness (QED) is 0.664. The summed E-state index contributed by atoms with van der Waals surface area (Å²) in [6, 6.07) is 2.38. The zero-order valence-corrected chi connectivity index (χ0v) is 7.36. The second-order valence-electron chi connectivity index (χ2n) is 2.79. The second-order valence-corrected chi connectivity index (χ2v) is 3.57. The highest BCUT2D eigenvalue weighted by atomic mass is 32.1. The van der Waals surface area contributed by atoms with Crippen LogP contribution in [0.25, 0.3) is 0 Å². The topological polar surface area (TPSA) is 41.1 Å². The fourth-order valence-electron chi connectivity index (χ4n) is 1.28. The van der Waals surface area contributed by atoms with Crippen molar-refractivity contribution in [3.05, 3.63) is 22.4 Å². The first kappa shape index (κ1) is 7.76. The lowest BCUT2D eigenvalue weighted by Crippen LogP contribution is -2.46. The Hall–Kier alpha value is -0.870. The van der Waals surface area contributed by atoms with Crippen LogP contribution in [0, 0.1) is 0 Å². The van der Waals surface area contributed by atoms with E-state index in [-0.39, 0.29) is 5.91 Å². The fourth-order valence-corrected chi connectivity index (χ4v) is 1.99. The molecular weight excluding hydrogens is 172 g/mol. The van der Waals surface area contributed by atoms with Gasteiger partial charge in [0, 0.05) is 6.54 Å². The highest BCUT2D eigenvalue weighted by Gasteiger charge is 2.18. The van der Waals surface area contributed by atoms with Crippen molar-refractivity contribution in [2.75, 3.05) is 13.1 Å². The maximum absolute atomic E-state index is 10.8. The largest absolute Gasteiger partial charge is 0.353 e. The van der Waals surface area contributed by atoms with Crippen molar-refractivity contribution < 1.29 is 4.79 Å². The first-order valence-electron chi connectivity index (χ1n) is 3.88. The van der Waals surface area contributed by atoms with Gasteiger partial charge in [-0.15, -0.1) is 0 Å². The van der Waals surface area contributed by atoms with Crippen molar-refractivity contribution in [2.45, 2.75) is 6.04 Å². The molecule has 1 aromatic heterocycles. The maximum Gasteiger partial charge on any atom is 0.234 e. The summed E-state index contributed by atoms with van der Waals surface area (Å²) >= 11 is 1.68. The van der Waals surface area contributed by atoms with Crippen molar-refractivity contribution in [1.29, 1.82) is 0 Å². The smallest absolute Gasteiger partial charge is 0.234 e. The number of hydrogen-bond acceptors (Lipinski definition) is 3. The van der Waals surface area contributed by atoms with E-state index in [1.807, 2.05) is 5.38 Å². The summed E-state index contributed by atoms with van der Waals surface area (Å²) in [6.07, 6.45) is 0. The molecule has 0 aromatic carbocycles. The van der Waals surface area contributed by atoms with Crippen molar-refractivity contribution in [3.63, 3.8) is 0 Å². The van der Waals surface area contributed by atoms with Gasteiger partial charge < -0.3 is 5.32 Å². The van der Waals surface area contributed by atoms with Gasteiger partial charge in [0.2, 0.25) is 5.91 Å². The van der Waals surface area contributed by atoms with Crippen LogP contribution in [0.2, 0.25) is 0 Å². The molecule has 1 saturated heterocycles. The van der Waals surface area contributed by atoms with Crippen molar-refractivity contribution in [3.8, 4) is 0 Å². The summed E-state index contributed by atoms with van der Waals surface area (Å²) in [5.74, 6) is 0.0847. The van der Waals surface area contributed by atoms with Gasteiger partial charge >= 0.3 is 0 Å². The minimum atomic E-state index is 0.0847. The van der Waals surface area contributed by atoms with E-state index in [0.29, 0.717) is 19.1 Å². The van der Waals surface area contributed by atoms with Gasteiger partial charge in [0.05, 0.1) is 12.6 Å². The van der Waals surface area contributed by atoms with Crippen LogP contribution in [-0.2, 0) is 4.79 Å². The molecule has 1 aliphatic rings. The molecule has 2 N–H and O–H groups in total. The van der Waals surface area contributed by atoms with Crippen LogP contribution in [0.5, 0.6) is 0 Å². The van der Waals surface area contributed by atoms with E-state index in [0.717, 1.165) is 0 Å². The Kier molecular flexibility index (Phi) is 2.10. The van der Waals surface area contributed by atoms with Gasteiger partial charge in [0.1, 0.15) is 0 Å². The van der Waals surface area contributed by atoms with Crippen LogP contribution in [-0.4, -0.2) is 19.0 Å². The van der Waals surface area contributed by atoms with E-state index < -0.39 is 0 Å². The molecule has 12 heavy (non-hydrogen) atoms. The lowest BCUT2D eigenvalue weighted by molar-refractivity contribution is -0.121. The lowest BCUT2D eigenvalue weighted by Gasteiger charge is -2.23. The zero-order valence-electron chi connectivity index (χ0n) is 6.54. The third-order valence-corrected chi connectivity index (χ3v) is 2.66.